The molecule has 1 amide bonds. The van der Waals surface area contributed by atoms with E-state index in [-0.39, 0.29) is 17.8 Å². The summed E-state index contributed by atoms with van der Waals surface area (Å²) in [6, 6.07) is 5.53. The van der Waals surface area contributed by atoms with Crippen molar-refractivity contribution in [1.29, 1.82) is 0 Å². The van der Waals surface area contributed by atoms with Gasteiger partial charge in [0.15, 0.2) is 6.04 Å². The Morgan fingerprint density at radius 3 is 2.86 bits per heavy atom. The second-order valence-corrected chi connectivity index (χ2v) is 7.21. The Hall–Kier alpha value is -2.94. The van der Waals surface area contributed by atoms with E-state index in [1.54, 1.807) is 37.3 Å². The van der Waals surface area contributed by atoms with Crippen LogP contribution < -0.4 is 10.6 Å². The van der Waals surface area contributed by atoms with Crippen LogP contribution in [-0.2, 0) is 0 Å². The first kappa shape index (κ1) is 19.4. The van der Waals surface area contributed by atoms with Crippen LogP contribution >= 0.6 is 11.6 Å². The smallest absolute Gasteiger partial charge is 0.410 e. The summed E-state index contributed by atoms with van der Waals surface area (Å²) >= 11 is 5.97. The summed E-state index contributed by atoms with van der Waals surface area (Å²) in [6.45, 7) is 1.78. The van der Waals surface area contributed by atoms with Crippen molar-refractivity contribution in [3.8, 4) is 0 Å². The van der Waals surface area contributed by atoms with Gasteiger partial charge in [-0.2, -0.15) is 18.3 Å². The number of halogens is 4. The van der Waals surface area contributed by atoms with Crippen molar-refractivity contribution in [2.75, 3.05) is 10.6 Å². The van der Waals surface area contributed by atoms with Crippen molar-refractivity contribution in [1.82, 2.24) is 9.78 Å². The Morgan fingerprint density at radius 1 is 1.38 bits per heavy atom. The van der Waals surface area contributed by atoms with Gasteiger partial charge in [-0.15, -0.1) is 0 Å². The molecule has 0 radical (unpaired) electrons. The maximum Gasteiger partial charge on any atom is 0.410 e. The summed E-state index contributed by atoms with van der Waals surface area (Å²) in [4.78, 5) is 12.8. The molecule has 3 aromatic rings. The van der Waals surface area contributed by atoms with Gasteiger partial charge in [-0.1, -0.05) is 17.7 Å². The van der Waals surface area contributed by atoms with Crippen LogP contribution in [0.4, 0.5) is 24.7 Å². The highest BCUT2D eigenvalue weighted by Crippen LogP contribution is 2.44. The third kappa shape index (κ3) is 3.69. The molecule has 1 aromatic carbocycles. The SMILES string of the molecule is Cc1ccc(Cl)cc1NC(=O)c1cnn2c1N[C@@H](c1ccco1)C[C@H]2C(F)(F)F. The average Bonchev–Trinajstić information content (AvgIpc) is 3.32. The van der Waals surface area contributed by atoms with E-state index in [2.05, 4.69) is 15.7 Å². The number of anilines is 2. The second kappa shape index (κ2) is 7.14. The van der Waals surface area contributed by atoms with E-state index in [1.165, 1.54) is 6.26 Å². The van der Waals surface area contributed by atoms with E-state index in [0.29, 0.717) is 16.5 Å². The van der Waals surface area contributed by atoms with E-state index in [0.717, 1.165) is 16.4 Å². The number of furan rings is 1. The first-order chi connectivity index (χ1) is 13.7. The number of amides is 1. The van der Waals surface area contributed by atoms with Crippen LogP contribution in [0, 0.1) is 6.92 Å². The molecule has 29 heavy (non-hydrogen) atoms. The van der Waals surface area contributed by atoms with Gasteiger partial charge in [0.1, 0.15) is 17.1 Å². The van der Waals surface area contributed by atoms with Gasteiger partial charge in [-0.25, -0.2) is 4.68 Å². The Bertz CT molecular complexity index is 1050. The summed E-state index contributed by atoms with van der Waals surface area (Å²) in [5.74, 6) is -0.258. The predicted octanol–water partition coefficient (Wildman–Crippen LogP) is 5.35. The number of fused-ring (bicyclic) bond motifs is 1. The number of nitrogens with zero attached hydrogens (tertiary/aromatic N) is 2. The molecule has 0 aliphatic carbocycles. The number of alkyl halides is 3. The largest absolute Gasteiger partial charge is 0.467 e. The van der Waals surface area contributed by atoms with E-state index in [1.807, 2.05) is 0 Å². The number of aryl methyl sites for hydroxylation is 1. The molecule has 1 aliphatic rings. The maximum absolute atomic E-state index is 13.7. The van der Waals surface area contributed by atoms with Crippen LogP contribution in [0.2, 0.25) is 5.02 Å². The minimum atomic E-state index is -4.54. The predicted molar refractivity (Wildman–Crippen MR) is 101 cm³/mol. The van der Waals surface area contributed by atoms with Crippen molar-refractivity contribution < 1.29 is 22.4 Å². The molecule has 3 heterocycles. The van der Waals surface area contributed by atoms with Crippen molar-refractivity contribution in [3.05, 3.63) is 64.7 Å². The van der Waals surface area contributed by atoms with Crippen LogP contribution in [0.25, 0.3) is 0 Å². The number of benzene rings is 1. The lowest BCUT2D eigenvalue weighted by Gasteiger charge is -2.32. The Morgan fingerprint density at radius 2 is 2.17 bits per heavy atom. The molecule has 0 bridgehead atoms. The molecule has 152 valence electrons. The fourth-order valence-corrected chi connectivity index (χ4v) is 3.50. The van der Waals surface area contributed by atoms with Crippen molar-refractivity contribution >= 4 is 29.0 Å². The zero-order chi connectivity index (χ0) is 20.8. The van der Waals surface area contributed by atoms with Gasteiger partial charge in [0.2, 0.25) is 0 Å². The van der Waals surface area contributed by atoms with Crippen LogP contribution in [0.5, 0.6) is 0 Å². The van der Waals surface area contributed by atoms with Gasteiger partial charge < -0.3 is 15.1 Å². The normalized spacial score (nSPS) is 18.8. The molecule has 2 N–H and O–H groups in total. The van der Waals surface area contributed by atoms with Gasteiger partial charge in [-0.05, 0) is 36.8 Å². The highest BCUT2D eigenvalue weighted by molar-refractivity contribution is 6.31. The number of carbonyl (C=O) groups is 1. The fourth-order valence-electron chi connectivity index (χ4n) is 3.32. The van der Waals surface area contributed by atoms with Gasteiger partial charge >= 0.3 is 6.18 Å². The van der Waals surface area contributed by atoms with Crippen molar-refractivity contribution in [2.24, 2.45) is 0 Å². The maximum atomic E-state index is 13.7. The molecule has 0 saturated carbocycles. The number of hydrogen-bond donors (Lipinski definition) is 2. The molecule has 4 rings (SSSR count). The Balaban J connectivity index is 1.70. The summed E-state index contributed by atoms with van der Waals surface area (Å²) < 4.78 is 47.0. The number of carbonyl (C=O) groups excluding carboxylic acids is 1. The minimum absolute atomic E-state index is 0.00474. The molecule has 1 aliphatic heterocycles. The first-order valence-corrected chi connectivity index (χ1v) is 9.13. The Kier molecular flexibility index (Phi) is 4.77. The number of nitrogens with one attached hydrogen (secondary N) is 2. The lowest BCUT2D eigenvalue weighted by atomic mass is 10.0. The number of rotatable bonds is 3. The standard InChI is InChI=1S/C19H16ClF3N4O2/c1-10-4-5-11(20)7-13(10)26-18(28)12-9-24-27-16(19(21,22)23)8-14(25-17(12)27)15-3-2-6-29-15/h2-7,9,14,16,25H,8H2,1H3,(H,26,28)/t14-,16+/m1/s1. The van der Waals surface area contributed by atoms with E-state index in [4.69, 9.17) is 16.0 Å². The lowest BCUT2D eigenvalue weighted by Crippen LogP contribution is -2.36. The summed E-state index contributed by atoms with van der Waals surface area (Å²) in [6.07, 6.45) is -2.33. The lowest BCUT2D eigenvalue weighted by molar-refractivity contribution is -0.174. The molecule has 2 atom stereocenters. The quantitative estimate of drug-likeness (QED) is 0.594. The molecule has 0 unspecified atom stereocenters. The molecule has 0 spiro atoms. The average molecular weight is 425 g/mol. The third-order valence-electron chi connectivity index (χ3n) is 4.82. The van der Waals surface area contributed by atoms with Gasteiger partial charge in [-0.3, -0.25) is 4.79 Å². The van der Waals surface area contributed by atoms with Gasteiger partial charge in [0, 0.05) is 17.1 Å². The van der Waals surface area contributed by atoms with Gasteiger partial charge in [0.05, 0.1) is 18.5 Å². The fraction of sp³-hybridized carbons (Fsp3) is 0.263. The van der Waals surface area contributed by atoms with Crippen LogP contribution in [-0.4, -0.2) is 21.9 Å². The van der Waals surface area contributed by atoms with Crippen LogP contribution in [0.3, 0.4) is 0 Å². The number of hydrogen-bond acceptors (Lipinski definition) is 4. The zero-order valence-electron chi connectivity index (χ0n) is 15.1. The molecule has 2 aromatic heterocycles. The topological polar surface area (TPSA) is 72.1 Å². The number of aromatic nitrogens is 2. The molecular formula is C19H16ClF3N4O2. The second-order valence-electron chi connectivity index (χ2n) is 6.77. The molecule has 0 saturated heterocycles. The third-order valence-corrected chi connectivity index (χ3v) is 5.05. The van der Waals surface area contributed by atoms with E-state index in [9.17, 15) is 18.0 Å². The summed E-state index contributed by atoms with van der Waals surface area (Å²) in [5.41, 5.74) is 1.22. The molecule has 0 fully saturated rings. The first-order valence-electron chi connectivity index (χ1n) is 8.75. The van der Waals surface area contributed by atoms with Crippen molar-refractivity contribution in [3.63, 3.8) is 0 Å². The monoisotopic (exact) mass is 424 g/mol. The highest BCUT2D eigenvalue weighted by atomic mass is 35.5. The Labute approximate surface area is 168 Å². The minimum Gasteiger partial charge on any atom is -0.467 e. The zero-order valence-corrected chi connectivity index (χ0v) is 15.9. The van der Waals surface area contributed by atoms with Gasteiger partial charge in [0.25, 0.3) is 5.91 Å². The summed E-state index contributed by atoms with van der Waals surface area (Å²) in [7, 11) is 0. The molecule has 10 heteroatoms. The van der Waals surface area contributed by atoms with E-state index < -0.39 is 24.2 Å². The highest BCUT2D eigenvalue weighted by Gasteiger charge is 2.47. The van der Waals surface area contributed by atoms with Crippen LogP contribution in [0.15, 0.2) is 47.2 Å². The summed E-state index contributed by atoms with van der Waals surface area (Å²) in [5, 5.41) is 9.91. The van der Waals surface area contributed by atoms with Crippen molar-refractivity contribution in [2.45, 2.75) is 31.6 Å². The van der Waals surface area contributed by atoms with Crippen LogP contribution in [0.1, 0.15) is 40.2 Å². The van der Waals surface area contributed by atoms with E-state index >= 15 is 0 Å². The molecule has 6 nitrogen and oxygen atoms in total. The molecular weight excluding hydrogens is 409 g/mol.